The first-order chi connectivity index (χ1) is 12.0. The molecule has 1 fully saturated rings. The minimum absolute atomic E-state index is 0.00417. The maximum atomic E-state index is 11.9. The molecule has 1 unspecified atom stereocenters. The molecule has 2 aromatic heterocycles. The maximum Gasteiger partial charge on any atom is 0.364 e. The van der Waals surface area contributed by atoms with Gasteiger partial charge in [-0.15, -0.1) is 23.5 Å². The van der Waals surface area contributed by atoms with Gasteiger partial charge in [-0.2, -0.15) is 14.7 Å². The second-order valence-corrected chi connectivity index (χ2v) is 7.55. The maximum absolute atomic E-state index is 11.9. The molecule has 0 saturated carbocycles. The van der Waals surface area contributed by atoms with Gasteiger partial charge < -0.3 is 10.8 Å². The molecule has 0 aliphatic carbocycles. The van der Waals surface area contributed by atoms with Crippen LogP contribution in [-0.4, -0.2) is 64.6 Å². The number of nitrogens with two attached hydrogens (primary N) is 1. The molecule has 10 nitrogen and oxygen atoms in total. The van der Waals surface area contributed by atoms with Crippen molar-refractivity contribution in [1.29, 1.82) is 0 Å². The molecule has 2 aliphatic heterocycles. The molecular weight excluding hydrogens is 368 g/mol. The lowest BCUT2D eigenvalue weighted by Crippen LogP contribution is -2.68. The highest BCUT2D eigenvalue weighted by atomic mass is 32.2. The van der Waals surface area contributed by atoms with E-state index in [2.05, 4.69) is 15.3 Å². The highest BCUT2D eigenvalue weighted by molar-refractivity contribution is 8.01. The van der Waals surface area contributed by atoms with Gasteiger partial charge in [-0.05, 0) is 17.7 Å². The van der Waals surface area contributed by atoms with Crippen LogP contribution >= 0.6 is 23.5 Å². The predicted octanol–water partition coefficient (Wildman–Crippen LogP) is -0.909. The number of carbonyl (C=O) groups excluding carboxylic acids is 1. The number of nitrogens with one attached hydrogen (secondary N) is 1. The Kier molecular flexibility index (Phi) is 3.81. The summed E-state index contributed by atoms with van der Waals surface area (Å²) in [6.07, 6.45) is 0. The van der Waals surface area contributed by atoms with Crippen molar-refractivity contribution in [3.63, 3.8) is 0 Å². The topological polar surface area (TPSA) is 147 Å². The van der Waals surface area contributed by atoms with E-state index in [0.29, 0.717) is 27.8 Å². The standard InChI is InChI=1S/C13H12N6O4S2/c14-8-10(20)18-9(12(21)22)5(4-25-11(8)18)3-24-7-2-1-6-15-16-13(23)19(6)17-7/h1-2,8,11H,3-4,14H2,(H,16,23)(H,21,22)/t8?,11-/m1/s1. The zero-order valence-electron chi connectivity index (χ0n) is 12.6. The summed E-state index contributed by atoms with van der Waals surface area (Å²) < 4.78 is 1.14. The zero-order valence-corrected chi connectivity index (χ0v) is 14.2. The minimum atomic E-state index is -1.14. The third-order valence-electron chi connectivity index (χ3n) is 3.93. The van der Waals surface area contributed by atoms with Gasteiger partial charge in [0.2, 0.25) is 5.91 Å². The van der Waals surface area contributed by atoms with Gasteiger partial charge in [0.1, 0.15) is 22.1 Å². The highest BCUT2D eigenvalue weighted by Gasteiger charge is 2.51. The van der Waals surface area contributed by atoms with Crippen molar-refractivity contribution < 1.29 is 14.7 Å². The molecule has 25 heavy (non-hydrogen) atoms. The minimum Gasteiger partial charge on any atom is -0.477 e. The molecule has 2 aromatic rings. The quantitative estimate of drug-likeness (QED) is 0.453. The van der Waals surface area contributed by atoms with Crippen molar-refractivity contribution in [3.8, 4) is 0 Å². The average molecular weight is 380 g/mol. The number of aromatic amines is 1. The molecular formula is C13H12N6O4S2. The van der Waals surface area contributed by atoms with Gasteiger partial charge >= 0.3 is 11.7 Å². The van der Waals surface area contributed by atoms with Crippen LogP contribution in [0.5, 0.6) is 0 Å². The van der Waals surface area contributed by atoms with Gasteiger partial charge in [-0.25, -0.2) is 14.7 Å². The number of aliphatic carboxylic acids is 1. The fraction of sp³-hybridized carbons (Fsp3) is 0.308. The van der Waals surface area contributed by atoms with Crippen LogP contribution in [0.15, 0.2) is 33.2 Å². The first-order valence-corrected chi connectivity index (χ1v) is 9.23. The Morgan fingerprint density at radius 1 is 1.48 bits per heavy atom. The molecule has 0 aromatic carbocycles. The number of aromatic nitrogens is 4. The molecule has 12 heteroatoms. The number of H-pyrrole nitrogens is 1. The van der Waals surface area contributed by atoms with E-state index in [1.54, 1.807) is 12.1 Å². The lowest BCUT2D eigenvalue weighted by atomic mass is 10.0. The summed E-state index contributed by atoms with van der Waals surface area (Å²) in [4.78, 5) is 36.3. The summed E-state index contributed by atoms with van der Waals surface area (Å²) in [5, 5.41) is 20.0. The van der Waals surface area contributed by atoms with E-state index in [-0.39, 0.29) is 17.0 Å². The summed E-state index contributed by atoms with van der Waals surface area (Å²) >= 11 is 2.74. The van der Waals surface area contributed by atoms with Crippen LogP contribution in [-0.2, 0) is 9.59 Å². The van der Waals surface area contributed by atoms with Crippen molar-refractivity contribution in [2.24, 2.45) is 5.73 Å². The summed E-state index contributed by atoms with van der Waals surface area (Å²) in [7, 11) is 0. The van der Waals surface area contributed by atoms with Crippen LogP contribution < -0.4 is 11.4 Å². The normalized spacial score (nSPS) is 22.9. The number of carboxylic acids is 1. The molecule has 130 valence electrons. The smallest absolute Gasteiger partial charge is 0.364 e. The number of hydrogen-bond acceptors (Lipinski definition) is 8. The molecule has 0 spiro atoms. The Labute approximate surface area is 148 Å². The average Bonchev–Trinajstić information content (AvgIpc) is 2.98. The largest absolute Gasteiger partial charge is 0.477 e. The van der Waals surface area contributed by atoms with Crippen LogP contribution in [0.25, 0.3) is 5.65 Å². The lowest BCUT2D eigenvalue weighted by Gasteiger charge is -2.48. The third-order valence-corrected chi connectivity index (χ3v) is 6.30. The fourth-order valence-corrected chi connectivity index (χ4v) is 5.00. The van der Waals surface area contributed by atoms with E-state index in [1.807, 2.05) is 0 Å². The summed E-state index contributed by atoms with van der Waals surface area (Å²) in [5.74, 6) is -0.701. The van der Waals surface area contributed by atoms with Crippen LogP contribution in [0, 0.1) is 0 Å². The Morgan fingerprint density at radius 3 is 3.04 bits per heavy atom. The zero-order chi connectivity index (χ0) is 17.7. The Morgan fingerprint density at radius 2 is 2.28 bits per heavy atom. The van der Waals surface area contributed by atoms with Gasteiger partial charge in [-0.3, -0.25) is 9.69 Å². The Balaban J connectivity index is 1.59. The second kappa shape index (κ2) is 5.89. The first-order valence-electron chi connectivity index (χ1n) is 7.20. The number of carboxylic acid groups (broad SMARTS) is 1. The number of fused-ring (bicyclic) bond motifs is 2. The molecule has 1 amide bonds. The van der Waals surface area contributed by atoms with E-state index >= 15 is 0 Å². The molecule has 0 radical (unpaired) electrons. The van der Waals surface area contributed by atoms with Gasteiger partial charge in [-0.1, -0.05) is 0 Å². The molecule has 1 saturated heterocycles. The van der Waals surface area contributed by atoms with Crippen molar-refractivity contribution >= 4 is 41.0 Å². The van der Waals surface area contributed by atoms with Gasteiger partial charge in [0, 0.05) is 11.5 Å². The predicted molar refractivity (Wildman–Crippen MR) is 90.1 cm³/mol. The SMILES string of the molecule is NC1C(=O)N2C(C(=O)O)=C(CSc3ccc4n[nH]c(=O)n4n3)CS[C@H]12. The number of β-lactam (4-membered cyclic amide) rings is 1. The van der Waals surface area contributed by atoms with Crippen molar-refractivity contribution in [2.75, 3.05) is 11.5 Å². The van der Waals surface area contributed by atoms with Crippen LogP contribution in [0.3, 0.4) is 0 Å². The Bertz CT molecular complexity index is 982. The molecule has 2 aliphatic rings. The van der Waals surface area contributed by atoms with Gasteiger partial charge in [0.25, 0.3) is 0 Å². The monoisotopic (exact) mass is 380 g/mol. The van der Waals surface area contributed by atoms with Gasteiger partial charge in [0.15, 0.2) is 5.65 Å². The third kappa shape index (κ3) is 2.53. The van der Waals surface area contributed by atoms with E-state index in [9.17, 15) is 19.5 Å². The summed E-state index contributed by atoms with van der Waals surface area (Å²) in [6.45, 7) is 0. The van der Waals surface area contributed by atoms with E-state index in [4.69, 9.17) is 5.73 Å². The summed E-state index contributed by atoms with van der Waals surface area (Å²) in [6, 6.07) is 2.69. The van der Waals surface area contributed by atoms with Crippen molar-refractivity contribution in [3.05, 3.63) is 33.9 Å². The number of carbonyl (C=O) groups is 2. The lowest BCUT2D eigenvalue weighted by molar-refractivity contribution is -0.147. The fourth-order valence-electron chi connectivity index (χ4n) is 2.72. The molecule has 2 atom stereocenters. The number of rotatable bonds is 4. The van der Waals surface area contributed by atoms with Crippen molar-refractivity contribution in [1.82, 2.24) is 24.7 Å². The highest BCUT2D eigenvalue weighted by Crippen LogP contribution is 2.40. The van der Waals surface area contributed by atoms with Crippen molar-refractivity contribution in [2.45, 2.75) is 16.4 Å². The van der Waals surface area contributed by atoms with E-state index in [0.717, 1.165) is 4.52 Å². The number of nitrogens with zero attached hydrogens (tertiary/aromatic N) is 4. The second-order valence-electron chi connectivity index (χ2n) is 5.45. The van der Waals surface area contributed by atoms with E-state index < -0.39 is 17.7 Å². The van der Waals surface area contributed by atoms with E-state index in [1.165, 1.54) is 28.4 Å². The van der Waals surface area contributed by atoms with Crippen LogP contribution in [0.1, 0.15) is 0 Å². The summed E-state index contributed by atoms with van der Waals surface area (Å²) in [5.41, 5.74) is 6.31. The van der Waals surface area contributed by atoms with Gasteiger partial charge in [0.05, 0.1) is 0 Å². The number of thioether (sulfide) groups is 2. The number of hydrogen-bond donors (Lipinski definition) is 3. The molecule has 4 N–H and O–H groups in total. The molecule has 4 rings (SSSR count). The molecule has 4 heterocycles. The van der Waals surface area contributed by atoms with Crippen LogP contribution in [0.4, 0.5) is 0 Å². The first kappa shape index (κ1) is 16.2. The number of amides is 1. The Hall–Kier alpha value is -2.31. The van der Waals surface area contributed by atoms with Crippen LogP contribution in [0.2, 0.25) is 0 Å². The molecule has 0 bridgehead atoms.